The molecule has 19 heavy (non-hydrogen) atoms. The molecule has 4 nitrogen and oxygen atoms in total. The first-order valence-electron chi connectivity index (χ1n) is 7.70. The Hall–Kier alpha value is -0.870. The van der Waals surface area contributed by atoms with Crippen molar-refractivity contribution in [1.29, 1.82) is 0 Å². The van der Waals surface area contributed by atoms with Crippen molar-refractivity contribution in [2.75, 3.05) is 19.6 Å². The molecule has 3 rings (SSSR count). The normalized spacial score (nSPS) is 30.6. The predicted molar refractivity (Wildman–Crippen MR) is 76.9 cm³/mol. The first-order valence-corrected chi connectivity index (χ1v) is 7.70. The number of nitrogens with zero attached hydrogens (tertiary/aromatic N) is 3. The topological polar surface area (TPSA) is 33.1 Å². The molecule has 106 valence electrons. The lowest BCUT2D eigenvalue weighted by Crippen LogP contribution is -2.44. The van der Waals surface area contributed by atoms with Gasteiger partial charge < -0.3 is 5.32 Å². The Bertz CT molecular complexity index is 408. The number of nitrogens with one attached hydrogen (secondary N) is 1. The van der Waals surface area contributed by atoms with Crippen LogP contribution < -0.4 is 5.32 Å². The van der Waals surface area contributed by atoms with E-state index in [2.05, 4.69) is 28.4 Å². The van der Waals surface area contributed by atoms with Crippen LogP contribution in [0.4, 0.5) is 0 Å². The van der Waals surface area contributed by atoms with Gasteiger partial charge >= 0.3 is 0 Å². The summed E-state index contributed by atoms with van der Waals surface area (Å²) in [5.74, 6) is 0.843. The highest BCUT2D eigenvalue weighted by Gasteiger charge is 2.31. The fourth-order valence-corrected chi connectivity index (χ4v) is 3.70. The van der Waals surface area contributed by atoms with Gasteiger partial charge in [-0.25, -0.2) is 0 Å². The van der Waals surface area contributed by atoms with Crippen LogP contribution in [-0.2, 0) is 7.05 Å². The van der Waals surface area contributed by atoms with Gasteiger partial charge in [0.15, 0.2) is 0 Å². The van der Waals surface area contributed by atoms with E-state index in [4.69, 9.17) is 0 Å². The van der Waals surface area contributed by atoms with E-state index in [0.717, 1.165) is 12.0 Å². The number of aryl methyl sites for hydroxylation is 1. The monoisotopic (exact) mass is 262 g/mol. The molecular formula is C15H26N4. The summed E-state index contributed by atoms with van der Waals surface area (Å²) in [5, 5.41) is 7.99. The van der Waals surface area contributed by atoms with E-state index in [9.17, 15) is 0 Å². The average Bonchev–Trinajstić information content (AvgIpc) is 3.09. The van der Waals surface area contributed by atoms with E-state index in [1.165, 1.54) is 50.9 Å². The zero-order valence-electron chi connectivity index (χ0n) is 12.2. The van der Waals surface area contributed by atoms with Crippen molar-refractivity contribution in [2.24, 2.45) is 13.0 Å². The average molecular weight is 262 g/mol. The van der Waals surface area contributed by atoms with Crippen molar-refractivity contribution < 1.29 is 0 Å². The van der Waals surface area contributed by atoms with E-state index < -0.39 is 0 Å². The van der Waals surface area contributed by atoms with Gasteiger partial charge in [-0.2, -0.15) is 5.10 Å². The van der Waals surface area contributed by atoms with E-state index >= 15 is 0 Å². The smallest absolute Gasteiger partial charge is 0.0537 e. The molecule has 0 aliphatic carbocycles. The van der Waals surface area contributed by atoms with Crippen LogP contribution in [0.25, 0.3) is 0 Å². The standard InChI is InChI=1S/C15H26N4/c1-12(14-9-17-18(2)10-14)19-8-4-5-13(11-19)15-6-3-7-16-15/h9-10,12-13,15-16H,3-8,11H2,1-2H3. The third kappa shape index (κ3) is 2.84. The van der Waals surface area contributed by atoms with Gasteiger partial charge in [-0.15, -0.1) is 0 Å². The van der Waals surface area contributed by atoms with Gasteiger partial charge in [0.25, 0.3) is 0 Å². The van der Waals surface area contributed by atoms with E-state index in [1.807, 2.05) is 17.9 Å². The summed E-state index contributed by atoms with van der Waals surface area (Å²) in [5.41, 5.74) is 1.35. The van der Waals surface area contributed by atoms with Gasteiger partial charge in [0.1, 0.15) is 0 Å². The van der Waals surface area contributed by atoms with E-state index in [1.54, 1.807) is 0 Å². The first-order chi connectivity index (χ1) is 9.24. The van der Waals surface area contributed by atoms with Crippen LogP contribution in [0.1, 0.15) is 44.2 Å². The highest BCUT2D eigenvalue weighted by molar-refractivity contribution is 5.10. The molecule has 1 aromatic rings. The van der Waals surface area contributed by atoms with Crippen LogP contribution in [0, 0.1) is 5.92 Å². The van der Waals surface area contributed by atoms with E-state index in [0.29, 0.717) is 6.04 Å². The molecule has 1 aromatic heterocycles. The number of hydrogen-bond acceptors (Lipinski definition) is 3. The Kier molecular flexibility index (Phi) is 3.89. The van der Waals surface area contributed by atoms with Crippen molar-refractivity contribution in [3.63, 3.8) is 0 Å². The lowest BCUT2D eigenvalue weighted by atomic mass is 9.89. The van der Waals surface area contributed by atoms with Gasteiger partial charge in [0.2, 0.25) is 0 Å². The number of aromatic nitrogens is 2. The first kappa shape index (κ1) is 13.1. The van der Waals surface area contributed by atoms with Crippen LogP contribution in [0.3, 0.4) is 0 Å². The lowest BCUT2D eigenvalue weighted by Gasteiger charge is -2.38. The van der Waals surface area contributed by atoms with Crippen LogP contribution in [-0.4, -0.2) is 40.4 Å². The Morgan fingerprint density at radius 1 is 1.37 bits per heavy atom. The highest BCUT2D eigenvalue weighted by Crippen LogP contribution is 2.29. The molecule has 3 atom stereocenters. The zero-order valence-corrected chi connectivity index (χ0v) is 12.2. The van der Waals surface area contributed by atoms with Crippen molar-refractivity contribution in [2.45, 2.75) is 44.7 Å². The minimum atomic E-state index is 0.498. The maximum absolute atomic E-state index is 4.31. The summed E-state index contributed by atoms with van der Waals surface area (Å²) < 4.78 is 1.91. The molecule has 2 fully saturated rings. The molecule has 4 heteroatoms. The molecule has 2 aliphatic rings. The van der Waals surface area contributed by atoms with Crippen molar-refractivity contribution in [3.8, 4) is 0 Å². The van der Waals surface area contributed by atoms with Gasteiger partial charge in [0.05, 0.1) is 6.20 Å². The molecule has 0 amide bonds. The molecule has 0 bridgehead atoms. The van der Waals surface area contributed by atoms with Crippen LogP contribution in [0.2, 0.25) is 0 Å². The maximum Gasteiger partial charge on any atom is 0.0537 e. The van der Waals surface area contributed by atoms with Gasteiger partial charge in [0, 0.05) is 37.4 Å². The minimum Gasteiger partial charge on any atom is -0.314 e. The number of likely N-dealkylation sites (tertiary alicyclic amines) is 1. The van der Waals surface area contributed by atoms with Gasteiger partial charge in [-0.1, -0.05) is 0 Å². The van der Waals surface area contributed by atoms with Crippen LogP contribution >= 0.6 is 0 Å². The SMILES string of the molecule is CC(c1cnn(C)c1)N1CCCC(C2CCCN2)C1. The summed E-state index contributed by atoms with van der Waals surface area (Å²) in [4.78, 5) is 2.64. The van der Waals surface area contributed by atoms with Crippen LogP contribution in [0.5, 0.6) is 0 Å². The molecule has 3 unspecified atom stereocenters. The largest absolute Gasteiger partial charge is 0.314 e. The Morgan fingerprint density at radius 3 is 2.95 bits per heavy atom. The fourth-order valence-electron chi connectivity index (χ4n) is 3.70. The number of piperidine rings is 1. The quantitative estimate of drug-likeness (QED) is 0.904. The van der Waals surface area contributed by atoms with Gasteiger partial charge in [-0.3, -0.25) is 9.58 Å². The van der Waals surface area contributed by atoms with Crippen LogP contribution in [0.15, 0.2) is 12.4 Å². The molecule has 0 spiro atoms. The molecule has 2 aliphatic heterocycles. The third-order valence-electron chi connectivity index (χ3n) is 4.91. The van der Waals surface area contributed by atoms with Crippen molar-refractivity contribution in [1.82, 2.24) is 20.0 Å². The van der Waals surface area contributed by atoms with E-state index in [-0.39, 0.29) is 0 Å². The second-order valence-electron chi connectivity index (χ2n) is 6.22. The second-order valence-corrected chi connectivity index (χ2v) is 6.22. The zero-order chi connectivity index (χ0) is 13.2. The predicted octanol–water partition coefficient (Wildman–Crippen LogP) is 1.95. The van der Waals surface area contributed by atoms with Crippen molar-refractivity contribution in [3.05, 3.63) is 18.0 Å². The molecule has 0 saturated carbocycles. The third-order valence-corrected chi connectivity index (χ3v) is 4.91. The summed E-state index contributed by atoms with van der Waals surface area (Å²) in [6.07, 6.45) is 9.64. The number of rotatable bonds is 3. The maximum atomic E-state index is 4.31. The molecular weight excluding hydrogens is 236 g/mol. The molecule has 0 radical (unpaired) electrons. The van der Waals surface area contributed by atoms with Crippen molar-refractivity contribution >= 4 is 0 Å². The Labute approximate surface area is 116 Å². The molecule has 0 aromatic carbocycles. The van der Waals surface area contributed by atoms with Gasteiger partial charge in [-0.05, 0) is 51.6 Å². The molecule has 1 N–H and O–H groups in total. The lowest BCUT2D eigenvalue weighted by molar-refractivity contribution is 0.115. The molecule has 2 saturated heterocycles. The minimum absolute atomic E-state index is 0.498. The highest BCUT2D eigenvalue weighted by atomic mass is 15.2. The number of hydrogen-bond donors (Lipinski definition) is 1. The fraction of sp³-hybridized carbons (Fsp3) is 0.800. The summed E-state index contributed by atoms with van der Waals surface area (Å²) >= 11 is 0. The summed E-state index contributed by atoms with van der Waals surface area (Å²) in [6.45, 7) is 6.02. The summed E-state index contributed by atoms with van der Waals surface area (Å²) in [7, 11) is 2.00. The summed E-state index contributed by atoms with van der Waals surface area (Å²) in [6, 6.07) is 1.27. The Morgan fingerprint density at radius 2 is 2.26 bits per heavy atom. The molecule has 3 heterocycles. The second kappa shape index (κ2) is 5.63. The Balaban J connectivity index is 1.64.